The van der Waals surface area contributed by atoms with E-state index in [4.69, 9.17) is 16.3 Å². The van der Waals surface area contributed by atoms with E-state index in [1.54, 1.807) is 7.11 Å². The number of alkyl halides is 1. The molecule has 2 unspecified atom stereocenters. The highest BCUT2D eigenvalue weighted by atomic mass is 35.5. The van der Waals surface area contributed by atoms with Crippen molar-refractivity contribution in [1.29, 1.82) is 0 Å². The van der Waals surface area contributed by atoms with Gasteiger partial charge >= 0.3 is 5.97 Å². The highest BCUT2D eigenvalue weighted by Crippen LogP contribution is 2.11. The number of carbonyl (C=O) groups is 1. The third-order valence-corrected chi connectivity index (χ3v) is 1.96. The van der Waals surface area contributed by atoms with Gasteiger partial charge in [-0.1, -0.05) is 6.92 Å². The lowest BCUT2D eigenvalue weighted by Crippen LogP contribution is -2.26. The van der Waals surface area contributed by atoms with Gasteiger partial charge in [-0.25, -0.2) is 0 Å². The van der Waals surface area contributed by atoms with Gasteiger partial charge in [-0.05, 0) is 0 Å². The molecule has 0 aliphatic rings. The van der Waals surface area contributed by atoms with Crippen LogP contribution in [-0.4, -0.2) is 32.2 Å². The van der Waals surface area contributed by atoms with Crippen LogP contribution in [0.5, 0.6) is 0 Å². The van der Waals surface area contributed by atoms with Crippen molar-refractivity contribution >= 4 is 17.6 Å². The first-order chi connectivity index (χ1) is 5.13. The van der Waals surface area contributed by atoms with E-state index in [2.05, 4.69) is 4.74 Å². The number of carbonyl (C=O) groups excluding carboxylic acids is 1. The number of methoxy groups -OCH3 is 2. The van der Waals surface area contributed by atoms with E-state index in [-0.39, 0.29) is 5.92 Å². The molecule has 0 aromatic rings. The SMILES string of the molecule is COCC(C)C(Cl)C(=O)OC. The van der Waals surface area contributed by atoms with Gasteiger partial charge in [-0.2, -0.15) is 0 Å². The molecule has 0 rings (SSSR count). The summed E-state index contributed by atoms with van der Waals surface area (Å²) in [5, 5.41) is -0.611. The average molecular weight is 181 g/mol. The number of ether oxygens (including phenoxy) is 2. The minimum absolute atomic E-state index is 0.0193. The predicted octanol–water partition coefficient (Wildman–Crippen LogP) is 1.05. The molecule has 0 amide bonds. The van der Waals surface area contributed by atoms with Crippen LogP contribution in [0.3, 0.4) is 0 Å². The molecule has 4 heteroatoms. The smallest absolute Gasteiger partial charge is 0.324 e. The summed E-state index contributed by atoms with van der Waals surface area (Å²) in [5.74, 6) is -0.426. The molecule has 0 spiro atoms. The molecular formula is C7H13ClO3. The van der Waals surface area contributed by atoms with Crippen molar-refractivity contribution in [3.05, 3.63) is 0 Å². The molecule has 66 valence electrons. The van der Waals surface area contributed by atoms with Gasteiger partial charge in [-0.3, -0.25) is 4.79 Å². The second-order valence-corrected chi connectivity index (χ2v) is 2.83. The Hall–Kier alpha value is -0.280. The molecule has 0 bridgehead atoms. The number of esters is 1. The Balaban J connectivity index is 3.80. The van der Waals surface area contributed by atoms with E-state index >= 15 is 0 Å². The molecule has 0 aromatic carbocycles. The molecule has 0 aliphatic carbocycles. The van der Waals surface area contributed by atoms with Crippen molar-refractivity contribution in [2.45, 2.75) is 12.3 Å². The van der Waals surface area contributed by atoms with Gasteiger partial charge in [0.2, 0.25) is 0 Å². The summed E-state index contributed by atoms with van der Waals surface area (Å²) in [4.78, 5) is 10.8. The first-order valence-electron chi connectivity index (χ1n) is 3.34. The fraction of sp³-hybridized carbons (Fsp3) is 0.857. The second-order valence-electron chi connectivity index (χ2n) is 2.36. The highest BCUT2D eigenvalue weighted by molar-refractivity contribution is 6.30. The molecule has 0 saturated heterocycles. The van der Waals surface area contributed by atoms with E-state index in [1.807, 2.05) is 6.92 Å². The second kappa shape index (κ2) is 5.38. The molecule has 11 heavy (non-hydrogen) atoms. The number of halogens is 1. The lowest BCUT2D eigenvalue weighted by Gasteiger charge is -2.13. The lowest BCUT2D eigenvalue weighted by molar-refractivity contribution is -0.141. The number of hydrogen-bond donors (Lipinski definition) is 0. The Kier molecular flexibility index (Phi) is 5.24. The molecule has 0 fully saturated rings. The predicted molar refractivity (Wildman–Crippen MR) is 42.7 cm³/mol. The van der Waals surface area contributed by atoms with Crippen LogP contribution in [0.1, 0.15) is 6.92 Å². The summed E-state index contributed by atoms with van der Waals surface area (Å²) < 4.78 is 9.28. The Morgan fingerprint density at radius 2 is 2.09 bits per heavy atom. The molecule has 0 N–H and O–H groups in total. The van der Waals surface area contributed by atoms with E-state index in [9.17, 15) is 4.79 Å². The van der Waals surface area contributed by atoms with Crippen LogP contribution < -0.4 is 0 Å². The van der Waals surface area contributed by atoms with Crippen LogP contribution in [0.15, 0.2) is 0 Å². The molecule has 0 radical (unpaired) electrons. The molecule has 0 aromatic heterocycles. The van der Waals surface area contributed by atoms with E-state index in [1.165, 1.54) is 7.11 Å². The molecular weight excluding hydrogens is 168 g/mol. The Bertz CT molecular complexity index is 127. The van der Waals surface area contributed by atoms with Crippen LogP contribution in [0.2, 0.25) is 0 Å². The quantitative estimate of drug-likeness (QED) is 0.479. The fourth-order valence-corrected chi connectivity index (χ4v) is 0.854. The Labute approximate surface area is 71.6 Å². The summed E-state index contributed by atoms with van der Waals surface area (Å²) in [6.45, 7) is 2.29. The zero-order valence-electron chi connectivity index (χ0n) is 6.96. The third-order valence-electron chi connectivity index (χ3n) is 1.36. The maximum atomic E-state index is 10.8. The van der Waals surface area contributed by atoms with Crippen LogP contribution in [0, 0.1) is 5.92 Å². The summed E-state index contributed by atoms with van der Waals surface area (Å²) in [5.41, 5.74) is 0. The monoisotopic (exact) mass is 180 g/mol. The van der Waals surface area contributed by atoms with Gasteiger partial charge in [0.05, 0.1) is 13.7 Å². The fourth-order valence-electron chi connectivity index (χ4n) is 0.692. The van der Waals surface area contributed by atoms with Crippen LogP contribution in [0.25, 0.3) is 0 Å². The normalized spacial score (nSPS) is 15.6. The third kappa shape index (κ3) is 3.58. The summed E-state index contributed by atoms with van der Waals surface area (Å²) >= 11 is 5.71. The van der Waals surface area contributed by atoms with Crippen molar-refractivity contribution in [3.63, 3.8) is 0 Å². The van der Waals surface area contributed by atoms with Crippen LogP contribution >= 0.6 is 11.6 Å². The minimum Gasteiger partial charge on any atom is -0.468 e. The van der Waals surface area contributed by atoms with E-state index in [0.717, 1.165) is 0 Å². The van der Waals surface area contributed by atoms with Gasteiger partial charge in [0, 0.05) is 13.0 Å². The topological polar surface area (TPSA) is 35.5 Å². The van der Waals surface area contributed by atoms with Gasteiger partial charge < -0.3 is 9.47 Å². The van der Waals surface area contributed by atoms with Gasteiger partial charge in [-0.15, -0.1) is 11.6 Å². The molecule has 0 heterocycles. The zero-order chi connectivity index (χ0) is 8.85. The van der Waals surface area contributed by atoms with E-state index in [0.29, 0.717) is 6.61 Å². The van der Waals surface area contributed by atoms with Crippen LogP contribution in [0.4, 0.5) is 0 Å². The molecule has 3 nitrogen and oxygen atoms in total. The minimum atomic E-state index is -0.611. The van der Waals surface area contributed by atoms with Crippen LogP contribution in [-0.2, 0) is 14.3 Å². The summed E-state index contributed by atoms with van der Waals surface area (Å²) in [7, 11) is 2.88. The Morgan fingerprint density at radius 3 is 2.45 bits per heavy atom. The summed E-state index contributed by atoms with van der Waals surface area (Å²) in [6.07, 6.45) is 0. The lowest BCUT2D eigenvalue weighted by atomic mass is 10.1. The zero-order valence-corrected chi connectivity index (χ0v) is 7.72. The van der Waals surface area contributed by atoms with Crippen molar-refractivity contribution in [2.24, 2.45) is 5.92 Å². The standard InChI is InChI=1S/C7H13ClO3/c1-5(4-10-2)6(8)7(9)11-3/h5-6H,4H2,1-3H3. The van der Waals surface area contributed by atoms with Gasteiger partial charge in [0.15, 0.2) is 0 Å². The first-order valence-corrected chi connectivity index (χ1v) is 3.78. The number of rotatable bonds is 4. The van der Waals surface area contributed by atoms with Crippen molar-refractivity contribution in [3.8, 4) is 0 Å². The molecule has 0 aliphatic heterocycles. The first kappa shape index (κ1) is 10.7. The van der Waals surface area contributed by atoms with Crippen molar-refractivity contribution < 1.29 is 14.3 Å². The molecule has 0 saturated carbocycles. The maximum absolute atomic E-state index is 10.8. The highest BCUT2D eigenvalue weighted by Gasteiger charge is 2.22. The largest absolute Gasteiger partial charge is 0.468 e. The van der Waals surface area contributed by atoms with E-state index < -0.39 is 11.3 Å². The maximum Gasteiger partial charge on any atom is 0.324 e. The van der Waals surface area contributed by atoms with Crippen molar-refractivity contribution in [1.82, 2.24) is 0 Å². The van der Waals surface area contributed by atoms with Gasteiger partial charge in [0.25, 0.3) is 0 Å². The Morgan fingerprint density at radius 1 is 1.55 bits per heavy atom. The summed E-state index contributed by atoms with van der Waals surface area (Å²) in [6, 6.07) is 0. The van der Waals surface area contributed by atoms with Gasteiger partial charge in [0.1, 0.15) is 5.38 Å². The van der Waals surface area contributed by atoms with Crippen molar-refractivity contribution in [2.75, 3.05) is 20.8 Å². The average Bonchev–Trinajstić information content (AvgIpc) is 2.02. The molecule has 2 atom stereocenters. The number of hydrogen-bond acceptors (Lipinski definition) is 3.